The molecule has 0 saturated carbocycles. The first-order valence-corrected chi connectivity index (χ1v) is 51.1. The Hall–Kier alpha value is -2.38. The highest BCUT2D eigenvalue weighted by molar-refractivity contribution is 7.83. The van der Waals surface area contributed by atoms with Crippen LogP contribution in [0.1, 0.15) is 0 Å². The molecule has 0 unspecified atom stereocenters. The van der Waals surface area contributed by atoms with Crippen molar-refractivity contribution >= 4 is 191 Å². The first-order chi connectivity index (χ1) is 54.5. The smallest absolute Gasteiger partial charge is 0.347 e. The second-order valence-corrected chi connectivity index (χ2v) is 37.8. The molecule has 4 heterocycles. The number of thiol groups is 7. The summed E-state index contributed by atoms with van der Waals surface area (Å²) in [6, 6.07) is 0. The molecule has 0 aromatic heterocycles. The van der Waals surface area contributed by atoms with Gasteiger partial charge >= 0.3 is 114 Å². The van der Waals surface area contributed by atoms with E-state index in [-0.39, 0.29) is 0 Å². The third-order valence-corrected chi connectivity index (χ3v) is 21.4. The lowest BCUT2D eigenvalue weighted by Gasteiger charge is -2.45. The Morgan fingerprint density at radius 1 is 0.240 bits per heavy atom. The molecule has 720 valence electrons. The molecule has 4 aliphatic heterocycles. The van der Waals surface area contributed by atoms with E-state index in [1.54, 1.807) is 0 Å². The van der Waals surface area contributed by atoms with Crippen molar-refractivity contribution in [2.24, 2.45) is 0 Å². The zero-order valence-corrected chi connectivity index (χ0v) is 71.2. The third-order valence-electron chi connectivity index (χ3n) is 13.4. The van der Waals surface area contributed by atoms with Crippen molar-refractivity contribution in [1.29, 1.82) is 0 Å². The van der Waals surface area contributed by atoms with Gasteiger partial charge in [0, 0.05) is 0 Å². The molecule has 73 nitrogen and oxygen atoms in total. The highest BCUT2D eigenvalue weighted by Crippen LogP contribution is 2.39. The summed E-state index contributed by atoms with van der Waals surface area (Å²) in [4.78, 5) is 0. The monoisotopic (exact) mass is 2160 g/mol. The highest BCUT2D eigenvalue weighted by atomic mass is 32.3. The van der Waals surface area contributed by atoms with Gasteiger partial charge in [-0.05, 0) is 0 Å². The summed E-state index contributed by atoms with van der Waals surface area (Å²) >= 11 is 0. The molecular weight excluding hydrogens is 2110 g/mol. The fourth-order valence-electron chi connectivity index (χ4n) is 10.0. The molecule has 0 bridgehead atoms. The van der Waals surface area contributed by atoms with E-state index in [1.165, 1.54) is 0 Å². The topological polar surface area (TPSA) is 1080 Å². The summed E-state index contributed by atoms with van der Waals surface area (Å²) < 4.78 is 668. The predicted molar refractivity (Wildman–Crippen MR) is 348 cm³/mol. The molecule has 0 aromatic rings. The Balaban J connectivity index is 2.08. The average molecular weight is 2160 g/mol. The Labute approximate surface area is 688 Å². The van der Waals surface area contributed by atoms with E-state index < -0.39 is 378 Å². The Morgan fingerprint density at radius 3 is 0.835 bits per heavy atom. The molecule has 4 saturated heterocycles. The Kier molecular flexibility index (Phi) is 41.2. The van der Waals surface area contributed by atoms with Crippen molar-refractivity contribution in [2.75, 3.05) is 39.6 Å². The van der Waals surface area contributed by atoms with Gasteiger partial charge in [0.1, 0.15) is 97.7 Å². The van der Waals surface area contributed by atoms with Crippen LogP contribution in [-0.2, 0) is 304 Å². The maximum atomic E-state index is 12.8. The number of ether oxygens (including phenoxy) is 8. The molecule has 11 N–H and O–H groups in total. The van der Waals surface area contributed by atoms with Gasteiger partial charge in [-0.1, -0.05) is 0 Å². The average Bonchev–Trinajstić information content (AvgIpc) is 0.765. The molecule has 0 spiro atoms. The van der Waals surface area contributed by atoms with Crippen LogP contribution in [0.4, 0.5) is 0 Å². The summed E-state index contributed by atoms with van der Waals surface area (Å²) in [5, 5.41) is 0. The van der Waals surface area contributed by atoms with Crippen molar-refractivity contribution in [3.8, 4) is 0 Å². The van der Waals surface area contributed by atoms with Gasteiger partial charge in [0.15, 0.2) is 49.6 Å². The van der Waals surface area contributed by atoms with Gasteiger partial charge in [0.05, 0.1) is 39.6 Å². The van der Waals surface area contributed by atoms with E-state index in [9.17, 15) is 202 Å². The van der Waals surface area contributed by atoms with Gasteiger partial charge in [-0.2, -0.15) is 92.6 Å². The Morgan fingerprint density at radius 2 is 0.496 bits per heavy atom. The van der Waals surface area contributed by atoms with Crippen molar-refractivity contribution in [3.05, 3.63) is 0 Å². The molecule has 24 atom stereocenters. The highest BCUT2D eigenvalue weighted by Gasteiger charge is 2.60. The molecule has 4 aliphatic rings. The molecule has 4 fully saturated rings. The van der Waals surface area contributed by atoms with Crippen LogP contribution >= 0.6 is 0 Å². The van der Waals surface area contributed by atoms with Gasteiger partial charge in [0.2, 0.25) is 0 Å². The zero-order valence-electron chi connectivity index (χ0n) is 56.0. The maximum Gasteiger partial charge on any atom is 0.397 e. The quantitative estimate of drug-likeness (QED) is 0.0199. The van der Waals surface area contributed by atoms with E-state index in [0.29, 0.717) is 0 Å². The van der Waals surface area contributed by atoms with E-state index in [1.807, 2.05) is 0 Å². The predicted octanol–water partition coefficient (Wildman–Crippen LogP) is -17.3. The summed E-state index contributed by atoms with van der Waals surface area (Å²) in [5.74, 6) is 0. The summed E-state index contributed by atoms with van der Waals surface area (Å²) in [5.41, 5.74) is 0. The molecule has 0 radical (unpaired) electrons. The van der Waals surface area contributed by atoms with Crippen LogP contribution in [0.25, 0.3) is 0 Å². The normalized spacial score (nSPS) is 30.0. The second-order valence-electron chi connectivity index (χ2n) is 21.5. The van der Waals surface area contributed by atoms with Crippen LogP contribution < -0.4 is 0 Å². The fourth-order valence-corrected chi connectivity index (χ4v) is 18.2. The first-order valence-electron chi connectivity index (χ1n) is 28.5. The lowest BCUT2D eigenvalue weighted by molar-refractivity contribution is -0.320. The van der Waals surface area contributed by atoms with E-state index in [2.05, 4.69) is 75.3 Å². The summed E-state index contributed by atoms with van der Waals surface area (Å²) in [6.45, 7) is -13.4. The number of rotatable bonds is 53. The standard InChI is InChI=1S/C30H54O73S18/c31-104(32)82-5-9-16(96-114(54,55)56)22(101-119(69,70)71)26(103-121(75,76)77)30(86-9)79-2-8-15(95-113(51,52)53)21(100-118(66,67)68)24(93-110(43)44)28(85-8)81-4-12(94-112(48,49)50)18(98-116(60,61)62)17(97-115(57,58)59)11(88-105(33)34)3-80-29-25(102-120(72,73)74)20(99-117(63,64)65)14(90-107(37)38)7(84-29)1-78-27-23(92-109(41)42)19(91-108(39)40)13(89-106(35)36)10(87-27)6-83-111(45,46)47/h7-30,104-110H,1-6H2,(H,45,46,47)(H,48,49,50)(H,51,52,53)(H,54,55,56)(H,57,58,59)(H,60,61,62)(H,63,64,65)(H,66,67,68)(H,69,70,71)(H,72,73,74)(H,75,76,77)/t7-,8-,9-,10-,11-,12-,13-,14-,15-,16-,17-,18-,19+,20+,21+,22+,23-,24-,25-,26-,27-,28-,29-,30-/m1/s1. The van der Waals surface area contributed by atoms with Gasteiger partial charge in [-0.25, -0.2) is 105 Å². The van der Waals surface area contributed by atoms with E-state index in [4.69, 9.17) is 37.9 Å². The SMILES string of the molecule is O=[SH](=O)OC[C@H]1O[C@@H](OC[C@H]2O[C@@H](OC[C@@H](OS(=O)(=O)O)[C@@H](OS(=O)(=O)O)[C@H](OS(=O)(=O)O)[C@@H](CO[C@@H]3O[C@H](CO[C@@H]4O[C@H](COS(=O)(=O)O)[C@@H](O[SH](=O)=O)[C@H](O[SH](=O)=O)[C@H]4O[SH](=O)=O)[C@@H](O[SH](=O)=O)[C@H](OS(=O)(=O)O)[C@H]3OS(=O)(=O)O)O[SH](=O)=O)[C@H](O[SH](=O)=O)[C@@H](OS(=O)(=O)O)[C@@H]2OS(=O)(=O)O)[C@H](OS(=O)(=O)O)[C@@H](OS(=O)(=O)O)[C@@H]1OS(=O)(=O)O. The minimum Gasteiger partial charge on any atom is -0.347 e. The molecule has 0 amide bonds. The van der Waals surface area contributed by atoms with Crippen molar-refractivity contribution in [2.45, 2.75) is 147 Å². The summed E-state index contributed by atoms with van der Waals surface area (Å²) in [7, 11) is -104. The molecule has 0 aromatic carbocycles. The van der Waals surface area contributed by atoms with Crippen molar-refractivity contribution < 1.29 is 315 Å². The second kappa shape index (κ2) is 45.0. The minimum atomic E-state index is -6.94. The molecule has 0 aliphatic carbocycles. The van der Waals surface area contributed by atoms with Crippen LogP contribution in [0.2, 0.25) is 0 Å². The number of hydrogen-bond acceptors (Lipinski definition) is 62. The lowest BCUT2D eigenvalue weighted by Crippen LogP contribution is -2.65. The van der Waals surface area contributed by atoms with E-state index in [0.717, 1.165) is 0 Å². The molecule has 4 rings (SSSR count). The molecule has 91 heteroatoms. The third kappa shape index (κ3) is 41.5. The van der Waals surface area contributed by atoms with Crippen LogP contribution in [0.5, 0.6) is 0 Å². The first kappa shape index (κ1) is 111. The van der Waals surface area contributed by atoms with Crippen LogP contribution in [0, 0.1) is 0 Å². The van der Waals surface area contributed by atoms with Crippen molar-refractivity contribution in [1.82, 2.24) is 0 Å². The van der Waals surface area contributed by atoms with E-state index >= 15 is 0 Å². The lowest BCUT2D eigenvalue weighted by atomic mass is 9.98. The zero-order chi connectivity index (χ0) is 93.0. The minimum absolute atomic E-state index is 1.85. The van der Waals surface area contributed by atoms with Crippen molar-refractivity contribution in [3.63, 3.8) is 0 Å². The van der Waals surface area contributed by atoms with Crippen LogP contribution in [0.3, 0.4) is 0 Å². The summed E-state index contributed by atoms with van der Waals surface area (Å²) in [6.07, 6.45) is -82.5. The number of hydrogen-bond donors (Lipinski definition) is 18. The molecule has 121 heavy (non-hydrogen) atoms. The molecular formula is C30H54O73S18. The largest absolute Gasteiger partial charge is 0.397 e. The Bertz CT molecular complexity index is 5450. The maximum absolute atomic E-state index is 12.8. The van der Waals surface area contributed by atoms with Crippen LogP contribution in [-0.4, -0.2) is 388 Å². The van der Waals surface area contributed by atoms with Gasteiger partial charge in [0.25, 0.3) is 76.9 Å². The van der Waals surface area contributed by atoms with Gasteiger partial charge in [-0.15, -0.1) is 0 Å². The van der Waals surface area contributed by atoms with Gasteiger partial charge in [-0.3, -0.25) is 79.4 Å². The van der Waals surface area contributed by atoms with Crippen LogP contribution in [0.15, 0.2) is 0 Å². The fraction of sp³-hybridized carbons (Fsp3) is 1.00. The van der Waals surface area contributed by atoms with Gasteiger partial charge < -0.3 is 37.9 Å².